The van der Waals surface area contributed by atoms with Crippen LogP contribution in [0.25, 0.3) is 0 Å². The maximum absolute atomic E-state index is 14.8. The molecule has 0 saturated carbocycles. The summed E-state index contributed by atoms with van der Waals surface area (Å²) in [5.74, 6) is -7.88. The lowest BCUT2D eigenvalue weighted by molar-refractivity contribution is -0.349. The van der Waals surface area contributed by atoms with Gasteiger partial charge in [-0.3, -0.25) is 9.59 Å². The Labute approximate surface area is 384 Å². The van der Waals surface area contributed by atoms with Gasteiger partial charge in [-0.1, -0.05) is 25.5 Å². The fraction of sp³-hybridized carbons (Fsp3) is 0.316. The summed E-state index contributed by atoms with van der Waals surface area (Å²) in [6.07, 6.45) is -24.7. The number of halogens is 22. The van der Waals surface area contributed by atoms with Crippen LogP contribution in [0.3, 0.4) is 0 Å². The summed E-state index contributed by atoms with van der Waals surface area (Å²) in [7, 11) is 0. The van der Waals surface area contributed by atoms with Crippen LogP contribution in [0.4, 0.5) is 111 Å². The van der Waals surface area contributed by atoms with Gasteiger partial charge in [0, 0.05) is 26.6 Å². The Morgan fingerprint density at radius 2 is 0.971 bits per heavy atom. The Morgan fingerprint density at radius 3 is 1.32 bits per heavy atom. The molecule has 0 fully saturated rings. The van der Waals surface area contributed by atoms with E-state index >= 15 is 0 Å². The quantitative estimate of drug-likeness (QED) is 0.0568. The molecule has 0 heterocycles. The molecule has 376 valence electrons. The van der Waals surface area contributed by atoms with E-state index in [0.29, 0.717) is 13.0 Å². The first kappa shape index (κ1) is 56.9. The molecule has 4 aromatic rings. The molecule has 5 N–H and O–H groups in total. The van der Waals surface area contributed by atoms with Gasteiger partial charge < -0.3 is 31.2 Å². The van der Waals surface area contributed by atoms with Gasteiger partial charge in [-0.2, -0.15) is 70.2 Å². The molecule has 0 bridgehead atoms. The minimum atomic E-state index is -6.54. The van der Waals surface area contributed by atoms with E-state index < -0.39 is 132 Å². The fourth-order valence-electron chi connectivity index (χ4n) is 5.49. The van der Waals surface area contributed by atoms with Crippen LogP contribution in [-0.2, 0) is 11.3 Å². The van der Waals surface area contributed by atoms with E-state index in [-0.39, 0.29) is 30.0 Å². The number of nitrogen functional groups attached to an aromatic ring is 1. The van der Waals surface area contributed by atoms with Crippen molar-refractivity contribution in [3.63, 3.8) is 0 Å². The van der Waals surface area contributed by atoms with Gasteiger partial charge in [-0.05, 0) is 86.8 Å². The first-order valence-electron chi connectivity index (χ1n) is 18.0. The number of amides is 2. The Kier molecular flexibility index (Phi) is 18.0. The first-order chi connectivity index (χ1) is 31.0. The molecule has 4 rings (SSSR count). The van der Waals surface area contributed by atoms with Gasteiger partial charge in [0.1, 0.15) is 0 Å². The standard InChI is InChI=1S/C21H17BrF10N2O2.C17H9BrF10N2O2/c1-2-3-7-33-13-6-4-5-11(15(13)23)17(35)34-16-12(22)8-10(9-14(16)36-18(24)25)19(26,20(27,28)29)21(30,31)32;18-8-4-6(15(22,16(23,24)25)17(26,27)28)5-10(32-14(20)21)12(8)30-13(31)7-2-1-3-9(29)11(7)19/h4-6,8-9,18,33H,2-3,7H2,1H3,(H,34,35);1-5,14H,29H2,(H,30,31). The van der Waals surface area contributed by atoms with E-state index in [1.807, 2.05) is 12.2 Å². The molecule has 0 aliphatic carbocycles. The van der Waals surface area contributed by atoms with Gasteiger partial charge in [-0.15, -0.1) is 0 Å². The fourth-order valence-corrected chi connectivity index (χ4v) is 6.57. The average Bonchev–Trinajstić information content (AvgIpc) is 3.19. The van der Waals surface area contributed by atoms with Crippen molar-refractivity contribution in [2.24, 2.45) is 0 Å². The Balaban J connectivity index is 0.000000363. The zero-order valence-corrected chi connectivity index (χ0v) is 36.2. The number of hydrogen-bond acceptors (Lipinski definition) is 6. The highest BCUT2D eigenvalue weighted by molar-refractivity contribution is 9.11. The number of carbonyl (C=O) groups is 2. The van der Waals surface area contributed by atoms with Crippen LogP contribution in [0.5, 0.6) is 11.5 Å². The summed E-state index contributed by atoms with van der Waals surface area (Å²) in [4.78, 5) is 24.9. The van der Waals surface area contributed by atoms with E-state index in [0.717, 1.165) is 30.7 Å². The lowest BCUT2D eigenvalue weighted by Gasteiger charge is -2.31. The first-order valence-corrected chi connectivity index (χ1v) is 19.5. The monoisotopic (exact) mass is 1140 g/mol. The van der Waals surface area contributed by atoms with Crippen molar-refractivity contribution in [1.82, 2.24) is 0 Å². The van der Waals surface area contributed by atoms with Crippen LogP contribution < -0.4 is 31.2 Å². The number of rotatable bonds is 14. The number of nitrogens with two attached hydrogens (primary N) is 1. The number of hydrogen-bond donors (Lipinski definition) is 4. The van der Waals surface area contributed by atoms with Crippen molar-refractivity contribution >= 4 is 66.4 Å². The average molecular weight is 1140 g/mol. The van der Waals surface area contributed by atoms with Gasteiger partial charge in [0.25, 0.3) is 11.8 Å². The smallest absolute Gasteiger partial charge is 0.433 e. The van der Waals surface area contributed by atoms with E-state index in [2.05, 4.69) is 46.7 Å². The van der Waals surface area contributed by atoms with Gasteiger partial charge in [0.2, 0.25) is 0 Å². The van der Waals surface area contributed by atoms with Crippen molar-refractivity contribution < 1.29 is 107 Å². The second-order valence-corrected chi connectivity index (χ2v) is 15.0. The number of unbranched alkanes of at least 4 members (excludes halogenated alkanes) is 1. The molecule has 0 aliphatic rings. The number of benzene rings is 4. The molecule has 4 aromatic carbocycles. The maximum Gasteiger partial charge on any atom is 0.435 e. The van der Waals surface area contributed by atoms with Gasteiger partial charge in [0.05, 0.1) is 33.9 Å². The van der Waals surface area contributed by atoms with Crippen molar-refractivity contribution in [1.29, 1.82) is 0 Å². The highest BCUT2D eigenvalue weighted by atomic mass is 79.9. The molecule has 0 spiro atoms. The Hall–Kier alpha value is -5.42. The summed E-state index contributed by atoms with van der Waals surface area (Å²) in [5.41, 5.74) is -14.7. The van der Waals surface area contributed by atoms with Crippen LogP contribution in [0.1, 0.15) is 51.6 Å². The molecule has 30 heteroatoms. The molecule has 8 nitrogen and oxygen atoms in total. The summed E-state index contributed by atoms with van der Waals surface area (Å²) in [6.45, 7) is -5.37. The van der Waals surface area contributed by atoms with Crippen LogP contribution in [0.2, 0.25) is 0 Å². The van der Waals surface area contributed by atoms with Crippen molar-refractivity contribution in [2.75, 3.05) is 28.2 Å². The largest absolute Gasteiger partial charge is 0.435 e. The third kappa shape index (κ3) is 12.4. The van der Waals surface area contributed by atoms with Gasteiger partial charge in [-0.25, -0.2) is 17.6 Å². The van der Waals surface area contributed by atoms with Crippen LogP contribution >= 0.6 is 31.9 Å². The molecule has 2 amide bonds. The lowest BCUT2D eigenvalue weighted by atomic mass is 9.93. The van der Waals surface area contributed by atoms with Crippen LogP contribution in [-0.4, -0.2) is 56.3 Å². The van der Waals surface area contributed by atoms with Gasteiger partial charge >= 0.3 is 49.3 Å². The minimum Gasteiger partial charge on any atom is -0.433 e. The third-order valence-corrected chi connectivity index (χ3v) is 9.99. The molecule has 0 aliphatic heterocycles. The summed E-state index contributed by atoms with van der Waals surface area (Å²) < 4.78 is 272. The highest BCUT2D eigenvalue weighted by Crippen LogP contribution is 2.56. The topological polar surface area (TPSA) is 115 Å². The number of alkyl halides is 18. The zero-order valence-electron chi connectivity index (χ0n) is 33.1. The summed E-state index contributed by atoms with van der Waals surface area (Å²) in [6, 6.07) is 6.04. The predicted molar refractivity (Wildman–Crippen MR) is 208 cm³/mol. The predicted octanol–water partition coefficient (Wildman–Crippen LogP) is 14.3. The molecule has 68 heavy (non-hydrogen) atoms. The second kappa shape index (κ2) is 21.5. The van der Waals surface area contributed by atoms with Crippen LogP contribution in [0.15, 0.2) is 69.6 Å². The van der Waals surface area contributed by atoms with Crippen LogP contribution in [0, 0.1) is 11.6 Å². The van der Waals surface area contributed by atoms with E-state index in [9.17, 15) is 97.4 Å². The van der Waals surface area contributed by atoms with Crippen molar-refractivity contribution in [3.8, 4) is 11.5 Å². The minimum absolute atomic E-state index is 0.00595. The van der Waals surface area contributed by atoms with E-state index in [1.165, 1.54) is 12.1 Å². The molecule has 0 aromatic heterocycles. The number of nitrogens with one attached hydrogen (secondary N) is 3. The Bertz CT molecular complexity index is 2420. The second-order valence-electron chi connectivity index (χ2n) is 13.3. The summed E-state index contributed by atoms with van der Waals surface area (Å²) in [5, 5.41) is 6.43. The number of ether oxygens (including phenoxy) is 2. The van der Waals surface area contributed by atoms with E-state index in [1.54, 1.807) is 5.32 Å². The molecule has 0 saturated heterocycles. The molecule has 0 unspecified atom stereocenters. The maximum atomic E-state index is 14.8. The lowest BCUT2D eigenvalue weighted by Crippen LogP contribution is -2.50. The van der Waals surface area contributed by atoms with Crippen molar-refractivity contribution in [3.05, 3.63) is 103 Å². The van der Waals surface area contributed by atoms with E-state index in [4.69, 9.17) is 5.73 Å². The molecule has 0 radical (unpaired) electrons. The number of carbonyl (C=O) groups excluding carboxylic acids is 2. The third-order valence-electron chi connectivity index (χ3n) is 8.74. The van der Waals surface area contributed by atoms with Crippen molar-refractivity contribution in [2.45, 2.75) is 69.0 Å². The summed E-state index contributed by atoms with van der Waals surface area (Å²) >= 11 is 5.03. The highest BCUT2D eigenvalue weighted by Gasteiger charge is 2.74. The van der Waals surface area contributed by atoms with Gasteiger partial charge in [0.15, 0.2) is 23.1 Å². The molecular formula is C38H26Br2F20N4O4. The Morgan fingerprint density at radius 1 is 0.603 bits per heavy atom. The molecular weight excluding hydrogens is 1120 g/mol. The normalized spacial score (nSPS) is 12.7. The number of anilines is 4. The SMILES string of the molecule is CCCCNc1cccc(C(=O)Nc2c(Br)cc(C(F)(C(F)(F)F)C(F)(F)F)cc2OC(F)F)c1F.Nc1cccc(C(=O)Nc2c(Br)cc(C(F)(C(F)(F)F)C(F)(F)F)cc2OC(F)F)c1F. The molecule has 0 atom stereocenters. The zero-order chi connectivity index (χ0) is 52.1.